The van der Waals surface area contributed by atoms with E-state index in [0.717, 1.165) is 5.69 Å². The molecular weight excluding hydrogens is 232 g/mol. The number of hydrogen-bond acceptors (Lipinski definition) is 4. The predicted molar refractivity (Wildman–Crippen MR) is 70.9 cm³/mol. The van der Waals surface area contributed by atoms with Crippen molar-refractivity contribution in [2.45, 2.75) is 6.29 Å². The minimum atomic E-state index is -0.421. The Morgan fingerprint density at radius 1 is 1.22 bits per heavy atom. The first kappa shape index (κ1) is 14.5. The highest BCUT2D eigenvalue weighted by atomic mass is 16.7. The number of benzene rings is 1. The summed E-state index contributed by atoms with van der Waals surface area (Å²) in [5.41, 5.74) is 1.67. The van der Waals surface area contributed by atoms with Gasteiger partial charge in [-0.3, -0.25) is 4.79 Å². The van der Waals surface area contributed by atoms with E-state index in [1.165, 1.54) is 14.2 Å². The maximum absolute atomic E-state index is 11.8. The number of methoxy groups -OCH3 is 2. The van der Waals surface area contributed by atoms with E-state index in [-0.39, 0.29) is 5.91 Å². The summed E-state index contributed by atoms with van der Waals surface area (Å²) in [6.07, 6.45) is -0.421. The average Bonchev–Trinajstić information content (AvgIpc) is 2.39. The molecule has 5 heteroatoms. The standard InChI is InChI=1S/C13H20N2O3/c1-15(2)11-7-5-10(6-8-11)13(16)14-9-12(17-3)18-4/h5-8,12H,9H2,1-4H3,(H,14,16). The predicted octanol–water partition coefficient (Wildman–Crippen LogP) is 1.10. The summed E-state index contributed by atoms with van der Waals surface area (Å²) >= 11 is 0. The molecule has 0 unspecified atom stereocenters. The van der Waals surface area contributed by atoms with Crippen LogP contribution in [0, 0.1) is 0 Å². The third-order valence-corrected chi connectivity index (χ3v) is 2.60. The van der Waals surface area contributed by atoms with Crippen LogP contribution < -0.4 is 10.2 Å². The lowest BCUT2D eigenvalue weighted by Crippen LogP contribution is -2.34. The Kier molecular flexibility index (Phi) is 5.61. The molecule has 0 heterocycles. The molecule has 1 rings (SSSR count). The van der Waals surface area contributed by atoms with Gasteiger partial charge in [0.05, 0.1) is 6.54 Å². The van der Waals surface area contributed by atoms with Gasteiger partial charge in [0.2, 0.25) is 0 Å². The molecule has 1 aromatic rings. The molecule has 18 heavy (non-hydrogen) atoms. The fourth-order valence-corrected chi connectivity index (χ4v) is 1.45. The number of anilines is 1. The molecule has 0 saturated heterocycles. The zero-order chi connectivity index (χ0) is 13.5. The summed E-state index contributed by atoms with van der Waals surface area (Å²) in [5, 5.41) is 2.75. The lowest BCUT2D eigenvalue weighted by molar-refractivity contribution is -0.0974. The van der Waals surface area contributed by atoms with Crippen LogP contribution in [0.25, 0.3) is 0 Å². The topological polar surface area (TPSA) is 50.8 Å². The Bertz CT molecular complexity index is 372. The van der Waals surface area contributed by atoms with Gasteiger partial charge in [-0.25, -0.2) is 0 Å². The third-order valence-electron chi connectivity index (χ3n) is 2.60. The van der Waals surface area contributed by atoms with Crippen molar-refractivity contribution in [1.29, 1.82) is 0 Å². The highest BCUT2D eigenvalue weighted by molar-refractivity contribution is 5.94. The summed E-state index contributed by atoms with van der Waals surface area (Å²) in [6, 6.07) is 7.39. The Balaban J connectivity index is 2.56. The van der Waals surface area contributed by atoms with Crippen LogP contribution in [0.3, 0.4) is 0 Å². The van der Waals surface area contributed by atoms with E-state index >= 15 is 0 Å². The first-order chi connectivity index (χ1) is 8.58. The quantitative estimate of drug-likeness (QED) is 0.770. The summed E-state index contributed by atoms with van der Waals surface area (Å²) in [6.45, 7) is 0.321. The van der Waals surface area contributed by atoms with Crippen LogP contribution in [0.1, 0.15) is 10.4 Å². The van der Waals surface area contributed by atoms with Gasteiger partial charge in [0.25, 0.3) is 5.91 Å². The van der Waals surface area contributed by atoms with E-state index in [0.29, 0.717) is 12.1 Å². The number of rotatable bonds is 6. The Labute approximate surface area is 108 Å². The first-order valence-electron chi connectivity index (χ1n) is 5.69. The Morgan fingerprint density at radius 2 is 1.78 bits per heavy atom. The molecule has 0 aliphatic carbocycles. The Hall–Kier alpha value is -1.59. The second-order valence-corrected chi connectivity index (χ2v) is 4.05. The van der Waals surface area contributed by atoms with Crippen molar-refractivity contribution in [2.24, 2.45) is 0 Å². The van der Waals surface area contributed by atoms with Crippen LogP contribution in [0.2, 0.25) is 0 Å². The maximum Gasteiger partial charge on any atom is 0.251 e. The summed E-state index contributed by atoms with van der Waals surface area (Å²) in [4.78, 5) is 13.8. The first-order valence-corrected chi connectivity index (χ1v) is 5.69. The van der Waals surface area contributed by atoms with E-state index in [4.69, 9.17) is 9.47 Å². The van der Waals surface area contributed by atoms with Crippen LogP contribution in [0.5, 0.6) is 0 Å². The monoisotopic (exact) mass is 252 g/mol. The van der Waals surface area contributed by atoms with Gasteiger partial charge in [0.1, 0.15) is 0 Å². The van der Waals surface area contributed by atoms with Crippen LogP contribution >= 0.6 is 0 Å². The summed E-state index contributed by atoms with van der Waals surface area (Å²) < 4.78 is 9.99. The van der Waals surface area contributed by atoms with Gasteiger partial charge in [0, 0.05) is 39.6 Å². The van der Waals surface area contributed by atoms with E-state index in [1.807, 2.05) is 31.1 Å². The second-order valence-electron chi connectivity index (χ2n) is 4.05. The number of nitrogens with zero attached hydrogens (tertiary/aromatic N) is 1. The summed E-state index contributed by atoms with van der Waals surface area (Å²) in [5.74, 6) is -0.139. The minimum absolute atomic E-state index is 0.139. The molecule has 0 aliphatic rings. The molecule has 1 N–H and O–H groups in total. The van der Waals surface area contributed by atoms with Crippen molar-refractivity contribution in [1.82, 2.24) is 5.32 Å². The zero-order valence-corrected chi connectivity index (χ0v) is 11.3. The molecule has 0 saturated carbocycles. The minimum Gasteiger partial charge on any atom is -0.378 e. The van der Waals surface area contributed by atoms with E-state index < -0.39 is 6.29 Å². The second kappa shape index (κ2) is 6.98. The summed E-state index contributed by atoms with van der Waals surface area (Å²) in [7, 11) is 6.98. The molecule has 1 aromatic carbocycles. The maximum atomic E-state index is 11.8. The van der Waals surface area contributed by atoms with Gasteiger partial charge in [-0.15, -0.1) is 0 Å². The fraction of sp³-hybridized carbons (Fsp3) is 0.462. The molecule has 0 aromatic heterocycles. The van der Waals surface area contributed by atoms with Crippen molar-refractivity contribution in [3.63, 3.8) is 0 Å². The number of ether oxygens (including phenoxy) is 2. The van der Waals surface area contributed by atoms with Crippen LogP contribution in [-0.2, 0) is 9.47 Å². The number of hydrogen-bond donors (Lipinski definition) is 1. The normalized spacial score (nSPS) is 10.5. The van der Waals surface area contributed by atoms with Crippen molar-refractivity contribution in [2.75, 3.05) is 39.8 Å². The van der Waals surface area contributed by atoms with Gasteiger partial charge in [0.15, 0.2) is 6.29 Å². The zero-order valence-electron chi connectivity index (χ0n) is 11.3. The van der Waals surface area contributed by atoms with Crippen molar-refractivity contribution in [3.8, 4) is 0 Å². The van der Waals surface area contributed by atoms with Gasteiger partial charge in [-0.05, 0) is 24.3 Å². The molecule has 0 atom stereocenters. The lowest BCUT2D eigenvalue weighted by Gasteiger charge is -2.15. The smallest absolute Gasteiger partial charge is 0.251 e. The number of amides is 1. The van der Waals surface area contributed by atoms with Crippen molar-refractivity contribution < 1.29 is 14.3 Å². The molecule has 5 nitrogen and oxygen atoms in total. The van der Waals surface area contributed by atoms with E-state index in [9.17, 15) is 4.79 Å². The molecule has 0 fully saturated rings. The lowest BCUT2D eigenvalue weighted by atomic mass is 10.2. The highest BCUT2D eigenvalue weighted by Crippen LogP contribution is 2.12. The molecule has 0 aliphatic heterocycles. The van der Waals surface area contributed by atoms with Gasteiger partial charge >= 0.3 is 0 Å². The van der Waals surface area contributed by atoms with Crippen LogP contribution in [-0.4, -0.2) is 47.1 Å². The number of carbonyl (C=O) groups excluding carboxylic acids is 1. The number of carbonyl (C=O) groups is 1. The number of nitrogens with one attached hydrogen (secondary N) is 1. The molecular formula is C13H20N2O3. The van der Waals surface area contributed by atoms with E-state index in [1.54, 1.807) is 12.1 Å². The van der Waals surface area contributed by atoms with Gasteiger partial charge in [-0.2, -0.15) is 0 Å². The fourth-order valence-electron chi connectivity index (χ4n) is 1.45. The average molecular weight is 252 g/mol. The molecule has 0 spiro atoms. The molecule has 0 bridgehead atoms. The van der Waals surface area contributed by atoms with Crippen LogP contribution in [0.15, 0.2) is 24.3 Å². The van der Waals surface area contributed by atoms with E-state index in [2.05, 4.69) is 5.32 Å². The third kappa shape index (κ3) is 4.01. The Morgan fingerprint density at radius 3 is 2.22 bits per heavy atom. The molecule has 0 radical (unpaired) electrons. The van der Waals surface area contributed by atoms with Gasteiger partial charge in [-0.1, -0.05) is 0 Å². The highest BCUT2D eigenvalue weighted by Gasteiger charge is 2.09. The van der Waals surface area contributed by atoms with Crippen molar-refractivity contribution in [3.05, 3.63) is 29.8 Å². The SMILES string of the molecule is COC(CNC(=O)c1ccc(N(C)C)cc1)OC. The largest absolute Gasteiger partial charge is 0.378 e. The molecule has 100 valence electrons. The van der Waals surface area contributed by atoms with Crippen LogP contribution in [0.4, 0.5) is 5.69 Å². The van der Waals surface area contributed by atoms with Crippen molar-refractivity contribution >= 4 is 11.6 Å². The molecule has 1 amide bonds. The van der Waals surface area contributed by atoms with Gasteiger partial charge < -0.3 is 19.7 Å².